The highest BCUT2D eigenvalue weighted by molar-refractivity contribution is 5.95. The van der Waals surface area contributed by atoms with Gasteiger partial charge in [-0.1, -0.05) is 6.07 Å². The van der Waals surface area contributed by atoms with Crippen LogP contribution in [-0.2, 0) is 16.1 Å². The number of aromatic nitrogens is 2. The van der Waals surface area contributed by atoms with Crippen LogP contribution in [0.5, 0.6) is 5.75 Å². The molecule has 0 aliphatic carbocycles. The Kier molecular flexibility index (Phi) is 10.4. The maximum absolute atomic E-state index is 14.0. The van der Waals surface area contributed by atoms with Gasteiger partial charge >= 0.3 is 18.2 Å². The number of nitrogens with one attached hydrogen (secondary N) is 1. The van der Waals surface area contributed by atoms with E-state index in [0.717, 1.165) is 24.1 Å². The number of carbonyl (C=O) groups excluding carboxylic acids is 2. The number of nitrogens with zero attached hydrogens (tertiary/aromatic N) is 3. The molecule has 2 aromatic heterocycles. The molecule has 4 rings (SSSR count). The first-order chi connectivity index (χ1) is 20.4. The number of aryl methyl sites for hydroxylation is 2. The van der Waals surface area contributed by atoms with Crippen molar-refractivity contribution in [1.82, 2.24) is 19.6 Å². The summed E-state index contributed by atoms with van der Waals surface area (Å²) in [5.74, 6) is -3.67. The van der Waals surface area contributed by atoms with E-state index >= 15 is 0 Å². The third kappa shape index (κ3) is 8.57. The summed E-state index contributed by atoms with van der Waals surface area (Å²) in [4.78, 5) is 40.2. The molecule has 1 saturated heterocycles. The lowest BCUT2D eigenvalue weighted by Gasteiger charge is -2.21. The van der Waals surface area contributed by atoms with Crippen molar-refractivity contribution in [3.05, 3.63) is 64.6 Å². The number of pyridine rings is 1. The Morgan fingerprint density at radius 1 is 1.11 bits per heavy atom. The van der Waals surface area contributed by atoms with E-state index in [0.29, 0.717) is 24.3 Å². The highest BCUT2D eigenvalue weighted by Crippen LogP contribution is 2.26. The highest BCUT2D eigenvalue weighted by atomic mass is 19.4. The number of alkyl halides is 3. The summed E-state index contributed by atoms with van der Waals surface area (Å²) in [5, 5.41) is 12.1. The third-order valence-corrected chi connectivity index (χ3v) is 6.40. The second-order valence-electron chi connectivity index (χ2n) is 11.1. The Morgan fingerprint density at radius 3 is 2.30 bits per heavy atom. The van der Waals surface area contributed by atoms with E-state index in [9.17, 15) is 41.4 Å². The van der Waals surface area contributed by atoms with E-state index in [4.69, 9.17) is 4.74 Å². The van der Waals surface area contributed by atoms with Crippen LogP contribution < -0.4 is 10.1 Å². The lowest BCUT2D eigenvalue weighted by Crippen LogP contribution is -2.42. The molecule has 15 heteroatoms. The maximum atomic E-state index is 14.0. The van der Waals surface area contributed by atoms with Gasteiger partial charge in [0.1, 0.15) is 29.5 Å². The molecule has 1 atom stereocenters. The zero-order valence-corrected chi connectivity index (χ0v) is 24.7. The highest BCUT2D eigenvalue weighted by Gasteiger charge is 2.43. The van der Waals surface area contributed by atoms with Crippen molar-refractivity contribution in [2.45, 2.75) is 71.9 Å². The van der Waals surface area contributed by atoms with Crippen LogP contribution in [0, 0.1) is 25.5 Å². The number of hydrogen-bond acceptors (Lipinski definition) is 6. The number of amides is 2. The molecular weight excluding hydrogens is 595 g/mol. The van der Waals surface area contributed by atoms with E-state index in [1.165, 1.54) is 31.7 Å². The van der Waals surface area contributed by atoms with Gasteiger partial charge in [-0.2, -0.15) is 13.2 Å². The van der Waals surface area contributed by atoms with Gasteiger partial charge in [-0.05, 0) is 71.2 Å². The first-order valence-electron chi connectivity index (χ1n) is 13.5. The zero-order chi connectivity index (χ0) is 33.0. The van der Waals surface area contributed by atoms with Gasteiger partial charge in [-0.3, -0.25) is 9.20 Å². The number of likely N-dealkylation sites (tertiary alicyclic amines) is 1. The fraction of sp³-hybridized carbons (Fsp3) is 0.448. The van der Waals surface area contributed by atoms with Gasteiger partial charge < -0.3 is 24.8 Å². The van der Waals surface area contributed by atoms with Crippen molar-refractivity contribution in [2.24, 2.45) is 0 Å². The van der Waals surface area contributed by atoms with Crippen molar-refractivity contribution in [1.29, 1.82) is 0 Å². The van der Waals surface area contributed by atoms with Gasteiger partial charge in [-0.25, -0.2) is 23.4 Å². The molecule has 1 aromatic carbocycles. The molecule has 1 aliphatic rings. The van der Waals surface area contributed by atoms with Gasteiger partial charge in [-0.15, -0.1) is 0 Å². The van der Waals surface area contributed by atoms with Crippen molar-refractivity contribution >= 4 is 23.6 Å². The van der Waals surface area contributed by atoms with Gasteiger partial charge in [0.25, 0.3) is 5.91 Å². The molecule has 0 unspecified atom stereocenters. The zero-order valence-electron chi connectivity index (χ0n) is 24.7. The molecule has 0 spiro atoms. The largest absolute Gasteiger partial charge is 0.490 e. The number of carboxylic acid groups (broad SMARTS) is 1. The molecule has 10 nitrogen and oxygen atoms in total. The second kappa shape index (κ2) is 13.5. The lowest BCUT2D eigenvalue weighted by atomic mass is 10.2. The molecule has 2 amide bonds. The quantitative estimate of drug-likeness (QED) is 0.270. The number of benzene rings is 1. The minimum Gasteiger partial charge on any atom is -0.485 e. The van der Waals surface area contributed by atoms with Crippen LogP contribution in [0.15, 0.2) is 30.5 Å². The van der Waals surface area contributed by atoms with Crippen LogP contribution in [0.25, 0.3) is 5.65 Å². The monoisotopic (exact) mass is 628 g/mol. The molecule has 240 valence electrons. The minimum atomic E-state index is -4.90. The molecule has 1 fully saturated rings. The molecular formula is C29H33F5N4O6. The summed E-state index contributed by atoms with van der Waals surface area (Å²) in [6.07, 6.45) is -2.74. The van der Waals surface area contributed by atoms with Crippen molar-refractivity contribution in [3.8, 4) is 5.75 Å². The summed E-state index contributed by atoms with van der Waals surface area (Å²) < 4.78 is 73.8. The number of carbonyl (C=O) groups is 3. The topological polar surface area (TPSA) is 122 Å². The van der Waals surface area contributed by atoms with Crippen LogP contribution in [0.3, 0.4) is 0 Å². The van der Waals surface area contributed by atoms with Crippen molar-refractivity contribution in [2.75, 3.05) is 13.1 Å². The number of esters is 1. The van der Waals surface area contributed by atoms with Crippen LogP contribution in [0.1, 0.15) is 60.9 Å². The normalized spacial score (nSPS) is 15.0. The van der Waals surface area contributed by atoms with Crippen LogP contribution >= 0.6 is 0 Å². The number of halogens is 5. The Bertz CT molecular complexity index is 1510. The number of imidazole rings is 1. The summed E-state index contributed by atoms with van der Waals surface area (Å²) in [6, 6.07) is 5.01. The Morgan fingerprint density at radius 2 is 1.75 bits per heavy atom. The first-order valence-corrected chi connectivity index (χ1v) is 13.5. The summed E-state index contributed by atoms with van der Waals surface area (Å²) in [5.41, 5.74) is 0.542. The van der Waals surface area contributed by atoms with E-state index < -0.39 is 41.4 Å². The average molecular weight is 629 g/mol. The fourth-order valence-electron chi connectivity index (χ4n) is 4.49. The molecule has 3 heterocycles. The predicted octanol–water partition coefficient (Wildman–Crippen LogP) is 5.57. The minimum absolute atomic E-state index is 0.194. The maximum Gasteiger partial charge on any atom is 0.490 e. The molecule has 0 bridgehead atoms. The Balaban J connectivity index is 0.000000411. The van der Waals surface area contributed by atoms with Crippen LogP contribution in [0.4, 0.5) is 26.7 Å². The number of fused-ring (bicyclic) bond motifs is 1. The summed E-state index contributed by atoms with van der Waals surface area (Å²) in [6.45, 7) is 7.90. The summed E-state index contributed by atoms with van der Waals surface area (Å²) in [7, 11) is 0. The molecule has 3 aromatic rings. The second-order valence-corrected chi connectivity index (χ2v) is 11.1. The number of rotatable bonds is 6. The summed E-state index contributed by atoms with van der Waals surface area (Å²) >= 11 is 0. The molecule has 1 aliphatic heterocycles. The van der Waals surface area contributed by atoms with E-state index in [1.807, 2.05) is 0 Å². The van der Waals surface area contributed by atoms with Crippen LogP contribution in [-0.4, -0.2) is 68.3 Å². The van der Waals surface area contributed by atoms with Crippen molar-refractivity contribution in [3.63, 3.8) is 0 Å². The van der Waals surface area contributed by atoms with Gasteiger partial charge in [0.05, 0.1) is 17.3 Å². The predicted molar refractivity (Wildman–Crippen MR) is 147 cm³/mol. The standard InChI is InChI=1S/C23H24F2N4O4.C6H9F3O2/c1-13-9-19(33-12-16-17(24)6-3-7-18(16)25)21-27-14(2)20(29(21)11-13)22(30)26-10-15-5-4-8-28(15)23(31)32;1-5(2,3)11-4(10)6(7,8)9/h3,6-7,9,11,15H,4-5,8,10,12H2,1-2H3,(H,26,30)(H,31,32);1-3H3/t15-;/m1./s1. The van der Waals surface area contributed by atoms with E-state index in [1.54, 1.807) is 30.5 Å². The molecule has 0 saturated carbocycles. The number of ether oxygens (including phenoxy) is 2. The van der Waals surface area contributed by atoms with Gasteiger partial charge in [0.2, 0.25) is 0 Å². The lowest BCUT2D eigenvalue weighted by molar-refractivity contribution is -0.210. The molecule has 44 heavy (non-hydrogen) atoms. The first kappa shape index (κ1) is 34.1. The fourth-order valence-corrected chi connectivity index (χ4v) is 4.49. The average Bonchev–Trinajstić information content (AvgIpc) is 3.50. The third-order valence-electron chi connectivity index (χ3n) is 6.40. The number of hydrogen-bond donors (Lipinski definition) is 2. The van der Waals surface area contributed by atoms with Gasteiger partial charge in [0.15, 0.2) is 11.4 Å². The van der Waals surface area contributed by atoms with Gasteiger partial charge in [0, 0.05) is 19.3 Å². The molecule has 2 N–H and O–H groups in total. The van der Waals surface area contributed by atoms with Crippen LogP contribution in [0.2, 0.25) is 0 Å². The SMILES string of the molecule is CC(C)(C)OC(=O)C(F)(F)F.Cc1cc(OCc2c(F)cccc2F)c2nc(C)c(C(=O)NC[C@H]3CCCN3C(=O)O)n2c1. The molecule has 0 radical (unpaired) electrons. The van der Waals surface area contributed by atoms with Crippen molar-refractivity contribution < 1.29 is 50.9 Å². The Labute approximate surface area is 249 Å². The smallest absolute Gasteiger partial charge is 0.485 e. The Hall–Kier alpha value is -4.43. The van der Waals surface area contributed by atoms with E-state index in [-0.39, 0.29) is 36.2 Å². The van der Waals surface area contributed by atoms with E-state index in [2.05, 4.69) is 15.0 Å².